The van der Waals surface area contributed by atoms with E-state index in [-0.39, 0.29) is 31.6 Å². The van der Waals surface area contributed by atoms with Crippen molar-refractivity contribution < 1.29 is 28.6 Å². The van der Waals surface area contributed by atoms with Crippen molar-refractivity contribution in [2.24, 2.45) is 0 Å². The van der Waals surface area contributed by atoms with E-state index in [0.717, 1.165) is 83.5 Å². The van der Waals surface area contributed by atoms with Gasteiger partial charge in [-0.3, -0.25) is 14.4 Å². The van der Waals surface area contributed by atoms with Gasteiger partial charge in [-0.25, -0.2) is 0 Å². The fourth-order valence-corrected chi connectivity index (χ4v) is 6.21. The molecule has 326 valence electrons. The van der Waals surface area contributed by atoms with Crippen LogP contribution >= 0.6 is 0 Å². The van der Waals surface area contributed by atoms with E-state index >= 15 is 0 Å². The van der Waals surface area contributed by atoms with Crippen LogP contribution in [0.1, 0.15) is 213 Å². The summed E-state index contributed by atoms with van der Waals surface area (Å²) >= 11 is 0. The molecule has 0 bridgehead atoms. The van der Waals surface area contributed by atoms with Gasteiger partial charge in [0.2, 0.25) is 0 Å². The van der Waals surface area contributed by atoms with Gasteiger partial charge in [0.05, 0.1) is 6.42 Å². The summed E-state index contributed by atoms with van der Waals surface area (Å²) in [6.07, 6.45) is 56.2. The molecule has 0 N–H and O–H groups in total. The monoisotopic (exact) mass is 795 g/mol. The third kappa shape index (κ3) is 43.8. The fourth-order valence-electron chi connectivity index (χ4n) is 6.21. The minimum absolute atomic E-state index is 0.107. The number of unbranched alkanes of at least 4 members (excludes halogenated alkanes) is 19. The Morgan fingerprint density at radius 2 is 0.754 bits per heavy atom. The maximum absolute atomic E-state index is 12.7. The largest absolute Gasteiger partial charge is 0.462 e. The van der Waals surface area contributed by atoms with Gasteiger partial charge in [0.15, 0.2) is 6.10 Å². The first-order valence-electron chi connectivity index (χ1n) is 23.4. The predicted octanol–water partition coefficient (Wildman–Crippen LogP) is 15.1. The van der Waals surface area contributed by atoms with E-state index in [0.29, 0.717) is 12.8 Å². The van der Waals surface area contributed by atoms with Crippen LogP contribution in [-0.2, 0) is 28.6 Å². The lowest BCUT2D eigenvalue weighted by Gasteiger charge is -2.18. The van der Waals surface area contributed by atoms with E-state index in [9.17, 15) is 14.4 Å². The highest BCUT2D eigenvalue weighted by atomic mass is 16.6. The van der Waals surface area contributed by atoms with Crippen LogP contribution in [0.2, 0.25) is 0 Å². The maximum atomic E-state index is 12.7. The van der Waals surface area contributed by atoms with Crippen molar-refractivity contribution in [3.8, 4) is 0 Å². The number of hydrogen-bond acceptors (Lipinski definition) is 6. The summed E-state index contributed by atoms with van der Waals surface area (Å²) in [6.45, 7) is 6.38. The zero-order valence-corrected chi connectivity index (χ0v) is 37.1. The van der Waals surface area contributed by atoms with Crippen LogP contribution in [-0.4, -0.2) is 37.2 Å². The van der Waals surface area contributed by atoms with E-state index < -0.39 is 12.1 Å². The molecule has 6 nitrogen and oxygen atoms in total. The van der Waals surface area contributed by atoms with Gasteiger partial charge in [0, 0.05) is 12.8 Å². The molecule has 6 heteroatoms. The number of rotatable bonds is 41. The van der Waals surface area contributed by atoms with Gasteiger partial charge >= 0.3 is 17.9 Å². The second kappa shape index (κ2) is 45.6. The smallest absolute Gasteiger partial charge is 0.309 e. The number of carbonyl (C=O) groups excluding carboxylic acids is 3. The predicted molar refractivity (Wildman–Crippen MR) is 242 cm³/mol. The molecule has 0 spiro atoms. The SMILES string of the molecule is CC/C=C\C/C=C\C/C=C\C/C=C\C/C=C\CC(=O)OCC(COC(=O)CCCCCCCCCCCCCC)OC(=O)CCCCCCC/C=C\CCCCC. The van der Waals surface area contributed by atoms with E-state index in [1.54, 1.807) is 6.08 Å². The summed E-state index contributed by atoms with van der Waals surface area (Å²) in [5, 5.41) is 0. The molecule has 0 saturated heterocycles. The van der Waals surface area contributed by atoms with Crippen LogP contribution < -0.4 is 0 Å². The minimum atomic E-state index is -0.815. The van der Waals surface area contributed by atoms with Crippen molar-refractivity contribution in [3.05, 3.63) is 72.9 Å². The molecule has 57 heavy (non-hydrogen) atoms. The lowest BCUT2D eigenvalue weighted by molar-refractivity contribution is -0.166. The molecule has 0 heterocycles. The molecular weight excluding hydrogens is 709 g/mol. The Morgan fingerprint density at radius 1 is 0.386 bits per heavy atom. The number of ether oxygens (including phenoxy) is 3. The standard InChI is InChI=1S/C51H86O6/c1-4-7-10-13-16-19-22-25-26-27-30-32-35-38-41-44-50(53)56-47-48(57-51(54)45-42-39-36-33-29-24-21-18-15-12-9-6-3)46-55-49(52)43-40-37-34-31-28-23-20-17-14-11-8-5-2/h7,10,16,18-19,21,25-26,30,32,38,41,48H,4-6,8-9,11-15,17,20,22-24,27-29,31,33-37,39-40,42-47H2,1-3H3/b10-7-,19-16-,21-18-,26-25-,32-30-,41-38-. The van der Waals surface area contributed by atoms with Crippen LogP contribution in [0.5, 0.6) is 0 Å². The Hall–Kier alpha value is -3.15. The first kappa shape index (κ1) is 53.9. The maximum Gasteiger partial charge on any atom is 0.309 e. The number of hydrogen-bond donors (Lipinski definition) is 0. The summed E-state index contributed by atoms with van der Waals surface area (Å²) in [5.41, 5.74) is 0. The summed E-state index contributed by atoms with van der Waals surface area (Å²) in [7, 11) is 0. The first-order chi connectivity index (χ1) is 28.0. The summed E-state index contributed by atoms with van der Waals surface area (Å²) in [5.74, 6) is -1.05. The van der Waals surface area contributed by atoms with Crippen molar-refractivity contribution in [1.82, 2.24) is 0 Å². The summed E-state index contributed by atoms with van der Waals surface area (Å²) < 4.78 is 16.6. The van der Waals surface area contributed by atoms with E-state index in [4.69, 9.17) is 14.2 Å². The van der Waals surface area contributed by atoms with Crippen LogP contribution in [0.4, 0.5) is 0 Å². The molecular formula is C51H86O6. The summed E-state index contributed by atoms with van der Waals surface area (Å²) in [4.78, 5) is 37.7. The molecule has 0 aromatic heterocycles. The van der Waals surface area contributed by atoms with Crippen molar-refractivity contribution in [2.45, 2.75) is 219 Å². The topological polar surface area (TPSA) is 78.9 Å². The average Bonchev–Trinajstić information content (AvgIpc) is 3.21. The first-order valence-corrected chi connectivity index (χ1v) is 23.4. The van der Waals surface area contributed by atoms with Crippen molar-refractivity contribution in [3.63, 3.8) is 0 Å². The number of allylic oxidation sites excluding steroid dienone is 11. The number of esters is 3. The molecule has 0 saturated carbocycles. The fraction of sp³-hybridized carbons (Fsp3) is 0.706. The van der Waals surface area contributed by atoms with Gasteiger partial charge in [-0.1, -0.05) is 196 Å². The lowest BCUT2D eigenvalue weighted by Crippen LogP contribution is -2.30. The van der Waals surface area contributed by atoms with Gasteiger partial charge in [-0.15, -0.1) is 0 Å². The van der Waals surface area contributed by atoms with E-state index in [1.165, 1.54) is 89.9 Å². The van der Waals surface area contributed by atoms with Crippen molar-refractivity contribution in [1.29, 1.82) is 0 Å². The molecule has 0 amide bonds. The third-order valence-electron chi connectivity index (χ3n) is 9.73. The Kier molecular flexibility index (Phi) is 43.0. The normalized spacial score (nSPS) is 12.7. The molecule has 0 aromatic carbocycles. The Morgan fingerprint density at radius 3 is 1.25 bits per heavy atom. The van der Waals surface area contributed by atoms with Crippen LogP contribution in [0, 0.1) is 0 Å². The van der Waals surface area contributed by atoms with Crippen LogP contribution in [0.25, 0.3) is 0 Å². The molecule has 0 aliphatic heterocycles. The average molecular weight is 795 g/mol. The molecule has 0 rings (SSSR count). The summed E-state index contributed by atoms with van der Waals surface area (Å²) in [6, 6.07) is 0. The van der Waals surface area contributed by atoms with Gasteiger partial charge in [0.1, 0.15) is 13.2 Å². The molecule has 1 atom stereocenters. The molecule has 0 fully saturated rings. The van der Waals surface area contributed by atoms with Crippen molar-refractivity contribution in [2.75, 3.05) is 13.2 Å². The molecule has 0 aliphatic rings. The van der Waals surface area contributed by atoms with E-state index in [1.807, 2.05) is 6.08 Å². The molecule has 0 aromatic rings. The van der Waals surface area contributed by atoms with Gasteiger partial charge < -0.3 is 14.2 Å². The highest BCUT2D eigenvalue weighted by Gasteiger charge is 2.19. The zero-order chi connectivity index (χ0) is 41.5. The highest BCUT2D eigenvalue weighted by Crippen LogP contribution is 2.14. The Labute approximate surface area is 351 Å². The van der Waals surface area contributed by atoms with Gasteiger partial charge in [0.25, 0.3) is 0 Å². The van der Waals surface area contributed by atoms with Crippen LogP contribution in [0.3, 0.4) is 0 Å². The molecule has 1 unspecified atom stereocenters. The van der Waals surface area contributed by atoms with Crippen molar-refractivity contribution >= 4 is 17.9 Å². The lowest BCUT2D eigenvalue weighted by atomic mass is 10.0. The number of carbonyl (C=O) groups is 3. The van der Waals surface area contributed by atoms with Gasteiger partial charge in [-0.05, 0) is 70.6 Å². The molecule has 0 aliphatic carbocycles. The molecule has 0 radical (unpaired) electrons. The highest BCUT2D eigenvalue weighted by molar-refractivity contribution is 5.72. The second-order valence-corrected chi connectivity index (χ2v) is 15.3. The quantitative estimate of drug-likeness (QED) is 0.0265. The third-order valence-corrected chi connectivity index (χ3v) is 9.73. The second-order valence-electron chi connectivity index (χ2n) is 15.3. The zero-order valence-electron chi connectivity index (χ0n) is 37.1. The van der Waals surface area contributed by atoms with Gasteiger partial charge in [-0.2, -0.15) is 0 Å². The van der Waals surface area contributed by atoms with E-state index in [2.05, 4.69) is 81.5 Å². The minimum Gasteiger partial charge on any atom is -0.462 e. The Bertz CT molecular complexity index is 1100. The van der Waals surface area contributed by atoms with Crippen LogP contribution in [0.15, 0.2) is 72.9 Å². The Balaban J connectivity index is 4.52.